The molecule has 0 bridgehead atoms. The molecule has 0 aliphatic carbocycles. The average Bonchev–Trinajstić information content (AvgIpc) is 2.38. The first-order valence-electron chi connectivity index (χ1n) is 5.98. The Bertz CT molecular complexity index is 544. The molecule has 0 unspecified atom stereocenters. The molecule has 1 aromatic rings. The van der Waals surface area contributed by atoms with Gasteiger partial charge in [0.05, 0.1) is 16.8 Å². The van der Waals surface area contributed by atoms with Crippen LogP contribution in [0.2, 0.25) is 0 Å². The Labute approximate surface area is 116 Å². The van der Waals surface area contributed by atoms with Gasteiger partial charge in [-0.1, -0.05) is 0 Å². The number of hydrogen-bond donors (Lipinski definition) is 4. The number of rotatable bonds is 5. The van der Waals surface area contributed by atoms with Gasteiger partial charge in [-0.25, -0.2) is 9.18 Å². The highest BCUT2D eigenvalue weighted by Crippen LogP contribution is 2.26. The molecule has 0 fully saturated rings. The molecule has 1 rings (SSSR count). The number of nitrogens with two attached hydrogens (primary N) is 1. The van der Waals surface area contributed by atoms with E-state index in [1.165, 1.54) is 13.1 Å². The van der Waals surface area contributed by atoms with Gasteiger partial charge in [-0.2, -0.15) is 0 Å². The number of carbonyl (C=O) groups excluding carboxylic acids is 1. The van der Waals surface area contributed by atoms with Gasteiger partial charge in [-0.05, 0) is 26.0 Å². The van der Waals surface area contributed by atoms with E-state index in [0.29, 0.717) is 0 Å². The Hall–Kier alpha value is -2.31. The predicted molar refractivity (Wildman–Crippen MR) is 74.1 cm³/mol. The van der Waals surface area contributed by atoms with Crippen molar-refractivity contribution in [3.63, 3.8) is 0 Å². The summed E-state index contributed by atoms with van der Waals surface area (Å²) in [6.07, 6.45) is 0. The van der Waals surface area contributed by atoms with Crippen molar-refractivity contribution in [3.05, 3.63) is 23.5 Å². The third-order valence-electron chi connectivity index (χ3n) is 2.97. The maximum absolute atomic E-state index is 13.3. The molecule has 0 aliphatic heterocycles. The number of nitrogen functional groups attached to an aromatic ring is 1. The van der Waals surface area contributed by atoms with E-state index in [0.717, 1.165) is 6.07 Å². The molecule has 7 heteroatoms. The zero-order chi connectivity index (χ0) is 15.5. The maximum Gasteiger partial charge on any atom is 0.340 e. The van der Waals surface area contributed by atoms with Crippen molar-refractivity contribution in [2.45, 2.75) is 13.8 Å². The van der Waals surface area contributed by atoms with Gasteiger partial charge in [0.2, 0.25) is 5.91 Å². The van der Waals surface area contributed by atoms with E-state index in [9.17, 15) is 14.0 Å². The Morgan fingerprint density at radius 1 is 1.40 bits per heavy atom. The molecule has 0 atom stereocenters. The van der Waals surface area contributed by atoms with Crippen LogP contribution >= 0.6 is 0 Å². The highest BCUT2D eigenvalue weighted by atomic mass is 19.1. The molecule has 5 N–H and O–H groups in total. The lowest BCUT2D eigenvalue weighted by atomic mass is 9.92. The summed E-state index contributed by atoms with van der Waals surface area (Å²) in [6, 6.07) is 2.37. The van der Waals surface area contributed by atoms with Gasteiger partial charge in [-0.3, -0.25) is 4.79 Å². The Morgan fingerprint density at radius 2 is 2.00 bits per heavy atom. The molecule has 110 valence electrons. The largest absolute Gasteiger partial charge is 0.478 e. The summed E-state index contributed by atoms with van der Waals surface area (Å²) in [5, 5.41) is 14.4. The fourth-order valence-electron chi connectivity index (χ4n) is 1.71. The van der Waals surface area contributed by atoms with Gasteiger partial charge in [0.1, 0.15) is 11.4 Å². The standard InChI is InChI=1S/C13H18FN3O3/c1-13(2,12(20)16-3)6-17-8-5-4-7(14)10(15)9(8)11(18)19/h4-5,17H,6,15H2,1-3H3,(H,16,20)(H,18,19). The van der Waals surface area contributed by atoms with Crippen LogP contribution in [0.4, 0.5) is 15.8 Å². The third kappa shape index (κ3) is 3.17. The fourth-order valence-corrected chi connectivity index (χ4v) is 1.71. The highest BCUT2D eigenvalue weighted by molar-refractivity contribution is 6.00. The van der Waals surface area contributed by atoms with Crippen molar-refractivity contribution in [1.29, 1.82) is 0 Å². The molecule has 0 saturated heterocycles. The van der Waals surface area contributed by atoms with Crippen LogP contribution in [0.15, 0.2) is 12.1 Å². The number of anilines is 2. The summed E-state index contributed by atoms with van der Waals surface area (Å²) >= 11 is 0. The summed E-state index contributed by atoms with van der Waals surface area (Å²) in [4.78, 5) is 22.8. The van der Waals surface area contributed by atoms with Crippen LogP contribution in [-0.4, -0.2) is 30.6 Å². The number of amides is 1. The SMILES string of the molecule is CNC(=O)C(C)(C)CNc1ccc(F)c(N)c1C(=O)O. The smallest absolute Gasteiger partial charge is 0.340 e. The maximum atomic E-state index is 13.3. The quantitative estimate of drug-likeness (QED) is 0.609. The van der Waals surface area contributed by atoms with Gasteiger partial charge in [-0.15, -0.1) is 0 Å². The van der Waals surface area contributed by atoms with Crippen molar-refractivity contribution in [1.82, 2.24) is 5.32 Å². The number of hydrogen-bond acceptors (Lipinski definition) is 4. The number of carboxylic acids is 1. The molecule has 20 heavy (non-hydrogen) atoms. The molecule has 1 amide bonds. The van der Waals surface area contributed by atoms with E-state index in [-0.39, 0.29) is 23.7 Å². The minimum absolute atomic E-state index is 0.174. The number of carbonyl (C=O) groups is 2. The highest BCUT2D eigenvalue weighted by Gasteiger charge is 2.27. The van der Waals surface area contributed by atoms with Crippen LogP contribution in [0.25, 0.3) is 0 Å². The lowest BCUT2D eigenvalue weighted by Crippen LogP contribution is -2.39. The van der Waals surface area contributed by atoms with Crippen LogP contribution in [0, 0.1) is 11.2 Å². The molecular weight excluding hydrogens is 265 g/mol. The minimum Gasteiger partial charge on any atom is -0.478 e. The molecule has 6 nitrogen and oxygen atoms in total. The van der Waals surface area contributed by atoms with Crippen LogP contribution in [0.1, 0.15) is 24.2 Å². The van der Waals surface area contributed by atoms with E-state index in [2.05, 4.69) is 10.6 Å². The Morgan fingerprint density at radius 3 is 2.50 bits per heavy atom. The summed E-state index contributed by atoms with van der Waals surface area (Å²) in [7, 11) is 1.52. The lowest BCUT2D eigenvalue weighted by Gasteiger charge is -2.24. The van der Waals surface area contributed by atoms with Gasteiger partial charge >= 0.3 is 5.97 Å². The topological polar surface area (TPSA) is 104 Å². The molecule has 0 radical (unpaired) electrons. The minimum atomic E-state index is -1.33. The first-order valence-corrected chi connectivity index (χ1v) is 5.98. The van der Waals surface area contributed by atoms with Crippen LogP contribution in [-0.2, 0) is 4.79 Å². The van der Waals surface area contributed by atoms with Crippen molar-refractivity contribution in [2.75, 3.05) is 24.6 Å². The zero-order valence-corrected chi connectivity index (χ0v) is 11.6. The second-order valence-corrected chi connectivity index (χ2v) is 5.01. The first kappa shape index (κ1) is 15.7. The Kier molecular flexibility index (Phi) is 4.54. The van der Waals surface area contributed by atoms with Gasteiger partial charge < -0.3 is 21.5 Å². The van der Waals surface area contributed by atoms with E-state index < -0.39 is 22.9 Å². The zero-order valence-electron chi connectivity index (χ0n) is 11.6. The van der Waals surface area contributed by atoms with Crippen LogP contribution < -0.4 is 16.4 Å². The normalized spacial score (nSPS) is 11.0. The van der Waals surface area contributed by atoms with E-state index >= 15 is 0 Å². The number of benzene rings is 1. The van der Waals surface area contributed by atoms with Gasteiger partial charge in [0.15, 0.2) is 0 Å². The predicted octanol–water partition coefficient (Wildman–Crippen LogP) is 1.29. The Balaban J connectivity index is 3.02. The van der Waals surface area contributed by atoms with Crippen molar-refractivity contribution < 1.29 is 19.1 Å². The lowest BCUT2D eigenvalue weighted by molar-refractivity contribution is -0.128. The molecule has 0 aromatic heterocycles. The summed E-state index contributed by atoms with van der Waals surface area (Å²) in [5.41, 5.74) is 4.09. The van der Waals surface area contributed by atoms with Gasteiger partial charge in [0.25, 0.3) is 0 Å². The number of nitrogens with one attached hydrogen (secondary N) is 2. The number of carboxylic acid groups (broad SMARTS) is 1. The molecule has 0 spiro atoms. The average molecular weight is 283 g/mol. The molecule has 1 aromatic carbocycles. The summed E-state index contributed by atoms with van der Waals surface area (Å²) in [5.74, 6) is -2.32. The van der Waals surface area contributed by atoms with Crippen LogP contribution in [0.3, 0.4) is 0 Å². The van der Waals surface area contributed by atoms with Crippen molar-refractivity contribution >= 4 is 23.3 Å². The van der Waals surface area contributed by atoms with Gasteiger partial charge in [0, 0.05) is 13.6 Å². The summed E-state index contributed by atoms with van der Waals surface area (Å²) in [6.45, 7) is 3.58. The van der Waals surface area contributed by atoms with Crippen LogP contribution in [0.5, 0.6) is 0 Å². The number of halogens is 1. The molecular formula is C13H18FN3O3. The van der Waals surface area contributed by atoms with Crippen molar-refractivity contribution in [2.24, 2.45) is 5.41 Å². The molecule has 0 aliphatic rings. The number of aromatic carboxylic acids is 1. The second-order valence-electron chi connectivity index (χ2n) is 5.01. The third-order valence-corrected chi connectivity index (χ3v) is 2.97. The monoisotopic (exact) mass is 283 g/mol. The molecule has 0 saturated carbocycles. The second kappa shape index (κ2) is 5.77. The first-order chi connectivity index (χ1) is 9.20. The van der Waals surface area contributed by atoms with E-state index in [1.54, 1.807) is 13.8 Å². The van der Waals surface area contributed by atoms with E-state index in [1.807, 2.05) is 0 Å². The van der Waals surface area contributed by atoms with Crippen molar-refractivity contribution in [3.8, 4) is 0 Å². The molecule has 0 heterocycles. The summed E-state index contributed by atoms with van der Waals surface area (Å²) < 4.78 is 13.3. The fraction of sp³-hybridized carbons (Fsp3) is 0.385. The van der Waals surface area contributed by atoms with E-state index in [4.69, 9.17) is 10.8 Å².